The van der Waals surface area contributed by atoms with Crippen molar-refractivity contribution in [3.8, 4) is 0 Å². The van der Waals surface area contributed by atoms with Crippen LogP contribution >= 0.6 is 21.4 Å². The van der Waals surface area contributed by atoms with E-state index in [2.05, 4.69) is 31.3 Å². The van der Waals surface area contributed by atoms with Crippen LogP contribution in [-0.4, -0.2) is 18.4 Å². The summed E-state index contributed by atoms with van der Waals surface area (Å²) in [6, 6.07) is 7.80. The van der Waals surface area contributed by atoms with Crippen LogP contribution in [0, 0.1) is 0 Å². The molecule has 0 bridgehead atoms. The number of fused-ring (bicyclic) bond motifs is 1. The third-order valence-corrected chi connectivity index (χ3v) is 1.38. The minimum Gasteiger partial charge on any atom is -0.253 e. The molecule has 0 saturated heterocycles. The maximum absolute atomic E-state index is 9.16. The van der Waals surface area contributed by atoms with Gasteiger partial charge in [-0.3, -0.25) is 9.97 Å². The summed E-state index contributed by atoms with van der Waals surface area (Å²) >= 11 is 0. The fourth-order valence-corrected chi connectivity index (χ4v) is 0.910. The molecule has 0 aliphatic heterocycles. The van der Waals surface area contributed by atoms with Crippen LogP contribution in [0.4, 0.5) is 0 Å². The van der Waals surface area contributed by atoms with E-state index < -0.39 is 8.26 Å². The van der Waals surface area contributed by atoms with Gasteiger partial charge in [-0.05, 0) is 12.1 Å². The zero-order valence-corrected chi connectivity index (χ0v) is 9.67. The quantitative estimate of drug-likeness (QED) is 0.686. The average Bonchev–Trinajstić information content (AvgIpc) is 2.16. The van der Waals surface area contributed by atoms with Crippen LogP contribution in [0.5, 0.6) is 0 Å². The number of nitrogens with zero attached hydrogens (tertiary/aromatic N) is 2. The molecule has 4 nitrogen and oxygen atoms in total. The largest absolute Gasteiger partial charge is 0.317 e. The van der Waals surface area contributed by atoms with Gasteiger partial charge in [0.15, 0.2) is 0 Å². The van der Waals surface area contributed by atoms with E-state index in [0.29, 0.717) is 0 Å². The smallest absolute Gasteiger partial charge is 0.253 e. The third kappa shape index (κ3) is 5.51. The highest BCUT2D eigenvalue weighted by atomic mass is 36.0. The van der Waals surface area contributed by atoms with Crippen LogP contribution in [0.25, 0.3) is 11.0 Å². The summed E-state index contributed by atoms with van der Waals surface area (Å²) in [4.78, 5) is 8.24. The first-order valence-electron chi connectivity index (χ1n) is 3.77. The molecule has 80 valence electrons. The van der Waals surface area contributed by atoms with E-state index in [1.807, 2.05) is 24.3 Å². The maximum Gasteiger partial charge on any atom is 0.317 e. The second-order valence-electron chi connectivity index (χ2n) is 2.42. The Kier molecular flexibility index (Phi) is 4.26. The second kappa shape index (κ2) is 5.25. The monoisotopic (exact) mass is 264 g/mol. The molecule has 0 saturated carbocycles. The van der Waals surface area contributed by atoms with Gasteiger partial charge in [0, 0.05) is 33.8 Å². The summed E-state index contributed by atoms with van der Waals surface area (Å²) in [6.45, 7) is 0. The highest BCUT2D eigenvalue weighted by molar-refractivity contribution is 8.31. The fourth-order valence-electron chi connectivity index (χ4n) is 0.910. The van der Waals surface area contributed by atoms with Crippen molar-refractivity contribution < 1.29 is 8.42 Å². The molecule has 0 N–H and O–H groups in total. The lowest BCUT2D eigenvalue weighted by Crippen LogP contribution is -1.78. The van der Waals surface area contributed by atoms with Crippen LogP contribution in [0.15, 0.2) is 36.7 Å². The molecule has 0 aliphatic rings. The first-order valence-corrected chi connectivity index (χ1v) is 6.90. The maximum atomic E-state index is 9.16. The van der Waals surface area contributed by atoms with Gasteiger partial charge in [0.2, 0.25) is 0 Å². The topological polar surface area (TPSA) is 59.9 Å². The van der Waals surface area contributed by atoms with Crippen LogP contribution in [-0.2, 0) is 8.26 Å². The van der Waals surface area contributed by atoms with Crippen LogP contribution in [0.1, 0.15) is 0 Å². The van der Waals surface area contributed by atoms with E-state index in [4.69, 9.17) is 8.42 Å². The number of hydrogen-bond acceptors (Lipinski definition) is 4. The number of aromatic nitrogens is 2. The SMILES string of the molecule is O=S(=O)(Cl)Cl.c1ccc2nccnc2c1. The van der Waals surface area contributed by atoms with Crippen molar-refractivity contribution in [1.29, 1.82) is 0 Å². The minimum atomic E-state index is -3.72. The number of rotatable bonds is 0. The van der Waals surface area contributed by atoms with Crippen LogP contribution in [0.3, 0.4) is 0 Å². The second-order valence-corrected chi connectivity index (χ2v) is 6.09. The highest BCUT2D eigenvalue weighted by Crippen LogP contribution is 2.04. The van der Waals surface area contributed by atoms with Crippen LogP contribution < -0.4 is 0 Å². The summed E-state index contributed by atoms with van der Waals surface area (Å²) in [6.07, 6.45) is 3.39. The molecule has 1 aromatic carbocycles. The molecular formula is C8H6Cl2N2O2S. The van der Waals surface area contributed by atoms with Gasteiger partial charge in [0.05, 0.1) is 11.0 Å². The molecule has 0 aliphatic carbocycles. The molecule has 1 aromatic heterocycles. The summed E-state index contributed by atoms with van der Waals surface area (Å²) < 4.78 is 18.3. The van der Waals surface area contributed by atoms with Crippen molar-refractivity contribution in [3.05, 3.63) is 36.7 Å². The Balaban J connectivity index is 0.000000195. The summed E-state index contributed by atoms with van der Waals surface area (Å²) in [7, 11) is 4.81. The molecule has 1 heterocycles. The average molecular weight is 265 g/mol. The molecule has 2 aromatic rings. The van der Waals surface area contributed by atoms with Crippen molar-refractivity contribution in [2.45, 2.75) is 0 Å². The van der Waals surface area contributed by atoms with Crippen LogP contribution in [0.2, 0.25) is 0 Å². The van der Waals surface area contributed by atoms with Crippen molar-refractivity contribution >= 4 is 40.7 Å². The molecule has 0 fully saturated rings. The summed E-state index contributed by atoms with van der Waals surface area (Å²) in [5, 5.41) is 0. The Morgan fingerprint density at radius 3 is 1.60 bits per heavy atom. The van der Waals surface area contributed by atoms with E-state index in [0.717, 1.165) is 11.0 Å². The molecule has 0 radical (unpaired) electrons. The summed E-state index contributed by atoms with van der Waals surface area (Å²) in [5.74, 6) is 0. The van der Waals surface area contributed by atoms with E-state index >= 15 is 0 Å². The van der Waals surface area contributed by atoms with Gasteiger partial charge in [-0.2, -0.15) is 8.42 Å². The van der Waals surface area contributed by atoms with Gasteiger partial charge >= 0.3 is 8.26 Å². The standard InChI is InChI=1S/C8H6N2.Cl2O2S/c1-2-4-8-7(3-1)9-5-6-10-8;1-5(2,3)4/h1-6H;. The zero-order valence-electron chi connectivity index (χ0n) is 7.34. The van der Waals surface area contributed by atoms with Gasteiger partial charge in [-0.1, -0.05) is 12.1 Å². The molecule has 7 heteroatoms. The lowest BCUT2D eigenvalue weighted by atomic mass is 10.3. The van der Waals surface area contributed by atoms with Crippen molar-refractivity contribution in [3.63, 3.8) is 0 Å². The van der Waals surface area contributed by atoms with E-state index in [-0.39, 0.29) is 0 Å². The number of para-hydroxylation sites is 2. The van der Waals surface area contributed by atoms with Gasteiger partial charge in [0.1, 0.15) is 0 Å². The molecule has 0 unspecified atom stereocenters. The van der Waals surface area contributed by atoms with E-state index in [1.54, 1.807) is 12.4 Å². The Morgan fingerprint density at radius 2 is 1.27 bits per heavy atom. The Bertz CT molecular complexity index is 472. The lowest BCUT2D eigenvalue weighted by molar-refractivity contribution is 0.621. The lowest BCUT2D eigenvalue weighted by Gasteiger charge is -1.90. The Hall–Kier alpha value is -0.910. The zero-order chi connectivity index (χ0) is 11.3. The molecule has 2 rings (SSSR count). The van der Waals surface area contributed by atoms with Gasteiger partial charge < -0.3 is 0 Å². The Labute approximate surface area is 95.8 Å². The van der Waals surface area contributed by atoms with Crippen molar-refractivity contribution in [2.24, 2.45) is 0 Å². The number of benzene rings is 1. The van der Waals surface area contributed by atoms with Crippen molar-refractivity contribution in [1.82, 2.24) is 9.97 Å². The molecular weight excluding hydrogens is 259 g/mol. The Morgan fingerprint density at radius 1 is 0.933 bits per heavy atom. The number of halogens is 2. The van der Waals surface area contributed by atoms with Gasteiger partial charge in [-0.15, -0.1) is 0 Å². The normalized spacial score (nSPS) is 10.5. The highest BCUT2D eigenvalue weighted by Gasteiger charge is 1.89. The predicted octanol–water partition coefficient (Wildman–Crippen LogP) is 2.34. The predicted molar refractivity (Wildman–Crippen MR) is 60.2 cm³/mol. The van der Waals surface area contributed by atoms with Crippen molar-refractivity contribution in [2.75, 3.05) is 0 Å². The summed E-state index contributed by atoms with van der Waals surface area (Å²) in [5.41, 5.74) is 1.90. The molecule has 0 atom stereocenters. The fraction of sp³-hybridized carbons (Fsp3) is 0. The first kappa shape index (κ1) is 12.2. The van der Waals surface area contributed by atoms with Gasteiger partial charge in [0.25, 0.3) is 0 Å². The molecule has 15 heavy (non-hydrogen) atoms. The van der Waals surface area contributed by atoms with E-state index in [9.17, 15) is 0 Å². The molecule has 0 amide bonds. The van der Waals surface area contributed by atoms with Gasteiger partial charge in [-0.25, -0.2) is 0 Å². The number of hydrogen-bond donors (Lipinski definition) is 0. The van der Waals surface area contributed by atoms with E-state index in [1.165, 1.54) is 0 Å². The third-order valence-electron chi connectivity index (χ3n) is 1.38. The minimum absolute atomic E-state index is 0.949. The molecule has 0 spiro atoms. The first-order chi connectivity index (χ1) is 6.97.